The summed E-state index contributed by atoms with van der Waals surface area (Å²) in [5.74, 6) is 4.23. The second kappa shape index (κ2) is 13.7. The highest BCUT2D eigenvalue weighted by molar-refractivity contribution is 5.63. The molecule has 0 aromatic rings. The maximum Gasteiger partial charge on any atom is 0.184 e. The number of aldehydes is 1. The Morgan fingerprint density at radius 3 is 2.15 bits per heavy atom. The van der Waals surface area contributed by atoms with Gasteiger partial charge in [0.15, 0.2) is 12.6 Å². The Hall–Kier alpha value is -0.750. The summed E-state index contributed by atoms with van der Waals surface area (Å²) < 4.78 is 27.8. The van der Waals surface area contributed by atoms with E-state index in [0.717, 1.165) is 32.1 Å². The summed E-state index contributed by atoms with van der Waals surface area (Å²) in [4.78, 5) is 12.9. The maximum atomic E-state index is 12.9. The molecule has 2 aliphatic heterocycles. The molecule has 0 bridgehead atoms. The second-order valence-electron chi connectivity index (χ2n) is 21.7. The molecule has 2 heterocycles. The van der Waals surface area contributed by atoms with Gasteiger partial charge < -0.3 is 23.7 Å². The highest BCUT2D eigenvalue weighted by atomic mass is 16.7. The molecule has 4 saturated carbocycles. The van der Waals surface area contributed by atoms with Crippen molar-refractivity contribution in [2.24, 2.45) is 80.3 Å². The van der Waals surface area contributed by atoms with E-state index in [4.69, 9.17) is 18.9 Å². The predicted molar refractivity (Wildman–Crippen MR) is 209 cm³/mol. The molecule has 0 amide bonds. The van der Waals surface area contributed by atoms with E-state index in [1.807, 2.05) is 0 Å². The zero-order valence-electron chi connectivity index (χ0n) is 35.6. The maximum absolute atomic E-state index is 12.9. The van der Waals surface area contributed by atoms with Crippen molar-refractivity contribution in [3.8, 4) is 0 Å². The number of allylic oxidation sites excluding steroid dienone is 2. The standard InChI is InChI=1S/C47H78O5/c1-14-37-29(4)27(2)31(6)41(50-37)52-40-30(5)28(3)33(8)49-42(40)51-38-18-19-44(11)34(32(38)7)17-20-46(13)39(44)16-15-35-36-25-43(9,10)21-23-47(36,26-48)24-22-45(35,46)12/h15,26-34,36-42H,14,16-25H2,1-13H3/t27-,28-,29+,30-,31?,32?,33?,34-,36?,37?,38-,39?,40-,41-,42?,44?,45+,46-,47+/m0/s1. The van der Waals surface area contributed by atoms with Crippen LogP contribution in [0.4, 0.5) is 0 Å². The monoisotopic (exact) mass is 723 g/mol. The van der Waals surface area contributed by atoms with Crippen LogP contribution in [0.15, 0.2) is 11.6 Å². The molecule has 2 saturated heterocycles. The van der Waals surface area contributed by atoms with Gasteiger partial charge in [-0.1, -0.05) is 94.7 Å². The van der Waals surface area contributed by atoms with Crippen LogP contribution in [0.25, 0.3) is 0 Å². The fraction of sp³-hybridized carbons (Fsp3) is 0.936. The number of fused-ring (bicyclic) bond motifs is 7. The fourth-order valence-corrected chi connectivity index (χ4v) is 14.4. The van der Waals surface area contributed by atoms with Gasteiger partial charge in [0.05, 0.1) is 18.3 Å². The minimum absolute atomic E-state index is 0.124. The van der Waals surface area contributed by atoms with Gasteiger partial charge in [0.25, 0.3) is 0 Å². The fourth-order valence-electron chi connectivity index (χ4n) is 14.4. The molecule has 0 aromatic heterocycles. The van der Waals surface area contributed by atoms with Crippen molar-refractivity contribution < 1.29 is 23.7 Å². The number of ether oxygens (including phenoxy) is 4. The number of carbonyl (C=O) groups excluding carboxylic acids is 1. The van der Waals surface area contributed by atoms with E-state index < -0.39 is 0 Å². The first kappa shape index (κ1) is 39.5. The minimum Gasteiger partial charge on any atom is -0.349 e. The van der Waals surface area contributed by atoms with Crippen LogP contribution in [-0.2, 0) is 23.7 Å². The topological polar surface area (TPSA) is 54.0 Å². The Morgan fingerprint density at radius 2 is 1.46 bits per heavy atom. The molecule has 7 rings (SSSR count). The van der Waals surface area contributed by atoms with Gasteiger partial charge in [-0.15, -0.1) is 0 Å². The summed E-state index contributed by atoms with van der Waals surface area (Å²) in [5.41, 5.74) is 2.53. The summed E-state index contributed by atoms with van der Waals surface area (Å²) in [6, 6.07) is 0. The van der Waals surface area contributed by atoms with E-state index in [-0.39, 0.29) is 58.7 Å². The Morgan fingerprint density at radius 1 is 0.750 bits per heavy atom. The molecule has 8 unspecified atom stereocenters. The summed E-state index contributed by atoms with van der Waals surface area (Å²) in [7, 11) is 0. The first-order valence-corrected chi connectivity index (χ1v) is 22.1. The largest absolute Gasteiger partial charge is 0.349 e. The lowest BCUT2D eigenvalue weighted by Gasteiger charge is -2.70. The minimum atomic E-state index is -0.378. The van der Waals surface area contributed by atoms with E-state index in [1.54, 1.807) is 5.57 Å². The van der Waals surface area contributed by atoms with E-state index in [9.17, 15) is 4.79 Å². The molecular formula is C47H78O5. The molecule has 19 atom stereocenters. The molecule has 5 heteroatoms. The van der Waals surface area contributed by atoms with Crippen molar-refractivity contribution in [3.63, 3.8) is 0 Å². The third-order valence-corrected chi connectivity index (χ3v) is 19.2. The SMILES string of the molecule is CCC1O[C@@H](O[C@@H]2C(O[C@H]3CCC4(C)C5CC=C6C7CC(C)(C)CC[C@]7(C=O)CC[C@@]6(C)[C@@]5(C)CC[C@H]4C3C)OC(C)[C@@H](C)[C@@H]2C)C(C)[C@@H](C)[C@H]1C. The molecule has 0 spiro atoms. The molecule has 5 aliphatic carbocycles. The van der Waals surface area contributed by atoms with E-state index in [2.05, 4.69) is 96.1 Å². The highest BCUT2D eigenvalue weighted by Gasteiger charge is 2.67. The van der Waals surface area contributed by atoms with E-state index >= 15 is 0 Å². The van der Waals surface area contributed by atoms with Crippen LogP contribution in [0, 0.1) is 80.3 Å². The normalized spacial score (nSPS) is 55.9. The van der Waals surface area contributed by atoms with Gasteiger partial charge in [0.2, 0.25) is 0 Å². The van der Waals surface area contributed by atoms with Crippen LogP contribution in [0.2, 0.25) is 0 Å². The van der Waals surface area contributed by atoms with Crippen molar-refractivity contribution in [1.29, 1.82) is 0 Å². The van der Waals surface area contributed by atoms with Gasteiger partial charge in [-0.3, -0.25) is 0 Å². The van der Waals surface area contributed by atoms with Crippen LogP contribution >= 0.6 is 0 Å². The van der Waals surface area contributed by atoms with Crippen molar-refractivity contribution >= 4 is 6.29 Å². The lowest BCUT2D eigenvalue weighted by Crippen LogP contribution is -2.63. The molecule has 5 nitrogen and oxygen atoms in total. The lowest BCUT2D eigenvalue weighted by molar-refractivity contribution is -0.347. The van der Waals surface area contributed by atoms with Gasteiger partial charge >= 0.3 is 0 Å². The van der Waals surface area contributed by atoms with Gasteiger partial charge in [-0.05, 0) is 147 Å². The van der Waals surface area contributed by atoms with Gasteiger partial charge in [0.1, 0.15) is 12.4 Å². The number of carbonyl (C=O) groups is 1. The lowest BCUT2D eigenvalue weighted by atomic mass is 9.34. The van der Waals surface area contributed by atoms with Gasteiger partial charge in [0, 0.05) is 11.3 Å². The number of hydrogen-bond donors (Lipinski definition) is 0. The van der Waals surface area contributed by atoms with E-state index in [1.165, 1.54) is 44.8 Å². The quantitative estimate of drug-likeness (QED) is 0.155. The Balaban J connectivity index is 1.11. The zero-order chi connectivity index (χ0) is 37.8. The van der Waals surface area contributed by atoms with Crippen molar-refractivity contribution in [1.82, 2.24) is 0 Å². The van der Waals surface area contributed by atoms with Crippen molar-refractivity contribution in [2.45, 2.75) is 198 Å². The summed E-state index contributed by atoms with van der Waals surface area (Å²) in [6.07, 6.45) is 16.5. The van der Waals surface area contributed by atoms with Crippen LogP contribution in [0.5, 0.6) is 0 Å². The molecule has 296 valence electrons. The van der Waals surface area contributed by atoms with Crippen LogP contribution in [-0.4, -0.2) is 43.3 Å². The molecule has 0 radical (unpaired) electrons. The molecule has 6 fully saturated rings. The zero-order valence-corrected chi connectivity index (χ0v) is 35.6. The molecule has 7 aliphatic rings. The molecule has 0 aromatic carbocycles. The summed E-state index contributed by atoms with van der Waals surface area (Å²) in [6.45, 7) is 31.5. The van der Waals surface area contributed by atoms with Gasteiger partial charge in [-0.2, -0.15) is 0 Å². The number of rotatable bonds is 6. The molecule has 0 N–H and O–H groups in total. The van der Waals surface area contributed by atoms with E-state index in [0.29, 0.717) is 58.7 Å². The first-order chi connectivity index (χ1) is 24.4. The third-order valence-electron chi connectivity index (χ3n) is 19.2. The summed E-state index contributed by atoms with van der Waals surface area (Å²) >= 11 is 0. The first-order valence-electron chi connectivity index (χ1n) is 22.1. The van der Waals surface area contributed by atoms with Crippen LogP contribution < -0.4 is 0 Å². The number of hydrogen-bond acceptors (Lipinski definition) is 5. The van der Waals surface area contributed by atoms with Crippen LogP contribution in [0.1, 0.15) is 161 Å². The predicted octanol–water partition coefficient (Wildman–Crippen LogP) is 11.4. The Labute approximate surface area is 318 Å². The smallest absolute Gasteiger partial charge is 0.184 e. The van der Waals surface area contributed by atoms with Crippen molar-refractivity contribution in [2.75, 3.05) is 0 Å². The Kier molecular flexibility index (Phi) is 10.4. The van der Waals surface area contributed by atoms with Crippen molar-refractivity contribution in [3.05, 3.63) is 11.6 Å². The molecular weight excluding hydrogens is 645 g/mol. The third kappa shape index (κ3) is 5.91. The second-order valence-corrected chi connectivity index (χ2v) is 21.7. The highest BCUT2D eigenvalue weighted by Crippen LogP contribution is 2.74. The average molecular weight is 723 g/mol. The average Bonchev–Trinajstić information content (AvgIpc) is 3.10. The van der Waals surface area contributed by atoms with Gasteiger partial charge in [-0.25, -0.2) is 0 Å². The Bertz CT molecular complexity index is 1350. The molecule has 52 heavy (non-hydrogen) atoms. The summed E-state index contributed by atoms with van der Waals surface area (Å²) in [5, 5.41) is 0. The van der Waals surface area contributed by atoms with Crippen LogP contribution in [0.3, 0.4) is 0 Å².